The number of hydroxylamine groups is 2. The molecule has 0 unspecified atom stereocenters. The smallest absolute Gasteiger partial charge is 0.324 e. The molecule has 2 amide bonds. The number of imide groups is 1. The minimum absolute atomic E-state index is 0.221. The summed E-state index contributed by atoms with van der Waals surface area (Å²) in [6, 6.07) is 6.66. The molecule has 1 aliphatic heterocycles. The molecule has 2 aromatic rings. The molecule has 24 heavy (non-hydrogen) atoms. The Bertz CT molecular complexity index is 801. The minimum Gasteiger partial charge on any atom is -0.324 e. The van der Waals surface area contributed by atoms with Crippen LogP contribution in [0.25, 0.3) is 0 Å². The number of amides is 2. The van der Waals surface area contributed by atoms with Gasteiger partial charge in [0.15, 0.2) is 0 Å². The van der Waals surface area contributed by atoms with Crippen LogP contribution in [0.15, 0.2) is 36.7 Å². The fourth-order valence-corrected chi connectivity index (χ4v) is 3.20. The average Bonchev–Trinajstić information content (AvgIpc) is 3.32. The number of rotatable bonds is 3. The maximum Gasteiger partial charge on any atom is 0.367 e. The van der Waals surface area contributed by atoms with Gasteiger partial charge in [0, 0.05) is 6.20 Å². The van der Waals surface area contributed by atoms with E-state index in [0.29, 0.717) is 11.1 Å². The molecular weight excluding hydrogens is 310 g/mol. The topological polar surface area (TPSA) is 81.5 Å². The molecule has 0 N–H and O–H groups in total. The number of carbonyl (C=O) groups is 3. The zero-order valence-corrected chi connectivity index (χ0v) is 12.8. The molecule has 0 bridgehead atoms. The number of hydrogen-bond donors (Lipinski definition) is 0. The third-order valence-electron chi connectivity index (χ3n) is 4.47. The predicted octanol–water partition coefficient (Wildman–Crippen LogP) is 2.37. The van der Waals surface area contributed by atoms with Gasteiger partial charge in [-0.2, -0.15) is 5.10 Å². The maximum atomic E-state index is 12.2. The summed E-state index contributed by atoms with van der Waals surface area (Å²) in [6.07, 6.45) is 7.39. The Morgan fingerprint density at radius 2 is 1.71 bits per heavy atom. The van der Waals surface area contributed by atoms with Gasteiger partial charge >= 0.3 is 5.97 Å². The first-order valence-electron chi connectivity index (χ1n) is 7.89. The van der Waals surface area contributed by atoms with Crippen molar-refractivity contribution in [2.24, 2.45) is 0 Å². The third-order valence-corrected chi connectivity index (χ3v) is 4.47. The van der Waals surface area contributed by atoms with Gasteiger partial charge in [0.1, 0.15) is 0 Å². The first-order chi connectivity index (χ1) is 11.6. The molecule has 2 aliphatic rings. The lowest BCUT2D eigenvalue weighted by molar-refractivity contribution is -0.0584. The highest BCUT2D eigenvalue weighted by molar-refractivity contribution is 6.21. The van der Waals surface area contributed by atoms with Crippen LogP contribution in [-0.4, -0.2) is 32.6 Å². The lowest BCUT2D eigenvalue weighted by Gasteiger charge is -2.12. The second kappa shape index (κ2) is 5.59. The van der Waals surface area contributed by atoms with Crippen molar-refractivity contribution in [1.82, 2.24) is 14.8 Å². The highest BCUT2D eigenvalue weighted by atomic mass is 16.7. The summed E-state index contributed by atoms with van der Waals surface area (Å²) in [4.78, 5) is 41.7. The molecule has 1 saturated carbocycles. The fourth-order valence-electron chi connectivity index (χ4n) is 3.20. The van der Waals surface area contributed by atoms with E-state index in [1.165, 1.54) is 18.3 Å². The van der Waals surface area contributed by atoms with Crippen LogP contribution in [0, 0.1) is 0 Å². The largest absolute Gasteiger partial charge is 0.367 e. The molecule has 7 heteroatoms. The molecule has 0 radical (unpaired) electrons. The van der Waals surface area contributed by atoms with Crippen molar-refractivity contribution >= 4 is 17.8 Å². The number of nitrogens with zero attached hydrogens (tertiary/aromatic N) is 3. The Balaban J connectivity index is 1.51. The first kappa shape index (κ1) is 14.6. The van der Waals surface area contributed by atoms with Crippen LogP contribution in [-0.2, 0) is 4.84 Å². The van der Waals surface area contributed by atoms with Gasteiger partial charge < -0.3 is 4.84 Å². The van der Waals surface area contributed by atoms with E-state index >= 15 is 0 Å². The molecule has 0 saturated heterocycles. The second-order valence-electron chi connectivity index (χ2n) is 5.98. The van der Waals surface area contributed by atoms with E-state index in [-0.39, 0.29) is 16.7 Å². The fraction of sp³-hybridized carbons (Fsp3) is 0.294. The highest BCUT2D eigenvalue weighted by Crippen LogP contribution is 2.29. The summed E-state index contributed by atoms with van der Waals surface area (Å²) in [5, 5.41) is 4.71. The third kappa shape index (κ3) is 2.29. The summed E-state index contributed by atoms with van der Waals surface area (Å²) < 4.78 is 1.76. The van der Waals surface area contributed by atoms with E-state index in [1.54, 1.807) is 23.0 Å². The van der Waals surface area contributed by atoms with Crippen LogP contribution >= 0.6 is 0 Å². The van der Waals surface area contributed by atoms with Crippen molar-refractivity contribution in [2.45, 2.75) is 31.7 Å². The van der Waals surface area contributed by atoms with Gasteiger partial charge in [-0.1, -0.05) is 30.0 Å². The Kier molecular flexibility index (Phi) is 3.41. The summed E-state index contributed by atoms with van der Waals surface area (Å²) in [6.45, 7) is 0. The van der Waals surface area contributed by atoms with Crippen molar-refractivity contribution in [2.75, 3.05) is 0 Å². The van der Waals surface area contributed by atoms with Gasteiger partial charge in [-0.25, -0.2) is 4.79 Å². The van der Waals surface area contributed by atoms with Crippen molar-refractivity contribution in [3.05, 3.63) is 53.3 Å². The van der Waals surface area contributed by atoms with E-state index in [4.69, 9.17) is 4.84 Å². The van der Waals surface area contributed by atoms with Gasteiger partial charge in [-0.15, -0.1) is 0 Å². The summed E-state index contributed by atoms with van der Waals surface area (Å²) in [5.74, 6) is -2.03. The Hall–Kier alpha value is -2.96. The van der Waals surface area contributed by atoms with Gasteiger partial charge in [0.25, 0.3) is 11.8 Å². The quantitative estimate of drug-likeness (QED) is 0.809. The van der Waals surface area contributed by atoms with Crippen molar-refractivity contribution in [3.63, 3.8) is 0 Å². The van der Waals surface area contributed by atoms with Crippen molar-refractivity contribution < 1.29 is 19.2 Å². The molecule has 7 nitrogen and oxygen atoms in total. The van der Waals surface area contributed by atoms with Gasteiger partial charge in [-0.3, -0.25) is 14.3 Å². The van der Waals surface area contributed by atoms with Crippen LogP contribution in [0.4, 0.5) is 0 Å². The van der Waals surface area contributed by atoms with E-state index in [1.807, 2.05) is 0 Å². The Morgan fingerprint density at radius 1 is 1.08 bits per heavy atom. The minimum atomic E-state index is -0.770. The van der Waals surface area contributed by atoms with Gasteiger partial charge in [-0.05, 0) is 25.0 Å². The van der Waals surface area contributed by atoms with Crippen molar-refractivity contribution in [1.29, 1.82) is 0 Å². The van der Waals surface area contributed by atoms with Crippen LogP contribution in [0.2, 0.25) is 0 Å². The zero-order valence-electron chi connectivity index (χ0n) is 12.8. The monoisotopic (exact) mass is 325 g/mol. The molecule has 122 valence electrons. The number of carbonyl (C=O) groups excluding carboxylic acids is 3. The molecule has 0 atom stereocenters. The van der Waals surface area contributed by atoms with Gasteiger partial charge in [0.2, 0.25) is 0 Å². The first-order valence-corrected chi connectivity index (χ1v) is 7.89. The normalized spacial score (nSPS) is 17.4. The lowest BCUT2D eigenvalue weighted by atomic mass is 10.1. The molecule has 2 heterocycles. The molecule has 4 rings (SSSR count). The number of benzene rings is 1. The standard InChI is InChI=1S/C17H15N3O4/c21-15-13-7-3-4-8-14(13)16(22)20(15)24-17(23)11-9-18-19(10-11)12-5-1-2-6-12/h3-4,7-10,12H,1-2,5-6H2. The molecule has 1 aromatic carbocycles. The van der Waals surface area contributed by atoms with Crippen molar-refractivity contribution in [3.8, 4) is 0 Å². The van der Waals surface area contributed by atoms with Crippen LogP contribution < -0.4 is 0 Å². The summed E-state index contributed by atoms with van der Waals surface area (Å²) in [7, 11) is 0. The number of aromatic nitrogens is 2. The SMILES string of the molecule is O=C(ON1C(=O)c2ccccc2C1=O)c1cnn(C2CCCC2)c1. The Morgan fingerprint density at radius 3 is 2.33 bits per heavy atom. The lowest BCUT2D eigenvalue weighted by Crippen LogP contribution is -2.32. The van der Waals surface area contributed by atoms with Gasteiger partial charge in [0.05, 0.1) is 28.9 Å². The molecule has 1 fully saturated rings. The van der Waals surface area contributed by atoms with E-state index in [2.05, 4.69) is 5.10 Å². The summed E-state index contributed by atoms with van der Waals surface area (Å²) in [5.41, 5.74) is 0.687. The number of hydrogen-bond acceptors (Lipinski definition) is 5. The molecule has 1 aromatic heterocycles. The second-order valence-corrected chi connectivity index (χ2v) is 5.98. The molecule has 0 spiro atoms. The zero-order chi connectivity index (χ0) is 16.7. The predicted molar refractivity (Wildman–Crippen MR) is 82.1 cm³/mol. The van der Waals surface area contributed by atoms with Crippen LogP contribution in [0.1, 0.15) is 62.8 Å². The maximum absolute atomic E-state index is 12.2. The highest BCUT2D eigenvalue weighted by Gasteiger charge is 2.39. The van der Waals surface area contributed by atoms with Crippen LogP contribution in [0.5, 0.6) is 0 Å². The van der Waals surface area contributed by atoms with E-state index < -0.39 is 17.8 Å². The van der Waals surface area contributed by atoms with E-state index in [0.717, 1.165) is 25.7 Å². The average molecular weight is 325 g/mol. The summed E-state index contributed by atoms with van der Waals surface area (Å²) >= 11 is 0. The molecule has 1 aliphatic carbocycles. The van der Waals surface area contributed by atoms with E-state index in [9.17, 15) is 14.4 Å². The Labute approximate surface area is 137 Å². The number of fused-ring (bicyclic) bond motifs is 1. The van der Waals surface area contributed by atoms with Crippen LogP contribution in [0.3, 0.4) is 0 Å². The molecular formula is C17H15N3O4.